The van der Waals surface area contributed by atoms with Gasteiger partial charge < -0.3 is 5.32 Å². The summed E-state index contributed by atoms with van der Waals surface area (Å²) in [7, 11) is 0. The van der Waals surface area contributed by atoms with Gasteiger partial charge >= 0.3 is 0 Å². The second kappa shape index (κ2) is 9.77. The summed E-state index contributed by atoms with van der Waals surface area (Å²) in [6.45, 7) is 4.59. The van der Waals surface area contributed by atoms with E-state index in [-0.39, 0.29) is 12.6 Å². The minimum absolute atomic E-state index is 0.0588. The van der Waals surface area contributed by atoms with Gasteiger partial charge in [0.2, 0.25) is 0 Å². The quantitative estimate of drug-likeness (QED) is 0.434. The molecule has 0 aliphatic rings. The smallest absolute Gasteiger partial charge is 0.257 e. The van der Waals surface area contributed by atoms with Gasteiger partial charge in [-0.1, -0.05) is 72.8 Å². The average molecular weight is 407 g/mol. The van der Waals surface area contributed by atoms with Crippen LogP contribution in [0.15, 0.2) is 83.9 Å². The number of nitrogens with one attached hydrogen (secondary N) is 1. The molecule has 156 valence electrons. The highest BCUT2D eigenvalue weighted by Gasteiger charge is 2.21. The molecule has 0 radical (unpaired) electrons. The first kappa shape index (κ1) is 21.8. The van der Waals surface area contributed by atoms with Crippen LogP contribution in [0.25, 0.3) is 0 Å². The molecule has 0 spiro atoms. The zero-order chi connectivity index (χ0) is 21.6. The average Bonchev–Trinajstić information content (AvgIpc) is 2.74. The lowest BCUT2D eigenvalue weighted by Crippen LogP contribution is -2.37. The molecule has 0 amide bonds. The lowest BCUT2D eigenvalue weighted by Gasteiger charge is -2.19. The van der Waals surface area contributed by atoms with Crippen LogP contribution in [0, 0.1) is 6.92 Å². The van der Waals surface area contributed by atoms with E-state index in [1.165, 1.54) is 0 Å². The molecule has 3 aromatic rings. The molecule has 1 atom stereocenters. The Balaban J connectivity index is 1.92. The highest BCUT2D eigenvalue weighted by molar-refractivity contribution is 6.14. The SMILES string of the molecule is Cc1c(C[C@H](C)NCC(C)(F)F)cccc1N=C(c1ccccc1)c1ccccc1. The fourth-order valence-corrected chi connectivity index (χ4v) is 3.38. The standard InChI is InChI=1S/C26H28F2N2/c1-19(29-18-26(3,27)28)17-23-15-10-16-24(20(23)2)30-25(21-11-6-4-7-12-21)22-13-8-5-9-14-22/h4-16,19,29H,17-18H2,1-3H3/t19-/m0/s1. The van der Waals surface area contributed by atoms with Crippen LogP contribution in [-0.2, 0) is 6.42 Å². The summed E-state index contributed by atoms with van der Waals surface area (Å²) in [6.07, 6.45) is 0.664. The molecular formula is C26H28F2N2. The first-order valence-corrected chi connectivity index (χ1v) is 10.2. The van der Waals surface area contributed by atoms with E-state index in [9.17, 15) is 8.78 Å². The first-order chi connectivity index (χ1) is 14.3. The number of halogens is 2. The Morgan fingerprint density at radius 1 is 0.900 bits per heavy atom. The molecule has 0 unspecified atom stereocenters. The van der Waals surface area contributed by atoms with Gasteiger partial charge in [-0.25, -0.2) is 13.8 Å². The molecule has 0 aliphatic carbocycles. The van der Waals surface area contributed by atoms with Crippen LogP contribution in [0.3, 0.4) is 0 Å². The van der Waals surface area contributed by atoms with Gasteiger partial charge in [0.25, 0.3) is 5.92 Å². The van der Waals surface area contributed by atoms with Crippen molar-refractivity contribution in [1.29, 1.82) is 0 Å². The minimum Gasteiger partial charge on any atom is -0.308 e. The van der Waals surface area contributed by atoms with E-state index in [2.05, 4.69) is 29.6 Å². The zero-order valence-corrected chi connectivity index (χ0v) is 17.7. The number of hydrogen-bond acceptors (Lipinski definition) is 2. The molecule has 30 heavy (non-hydrogen) atoms. The van der Waals surface area contributed by atoms with Crippen LogP contribution in [0.1, 0.15) is 36.1 Å². The number of alkyl halides is 2. The van der Waals surface area contributed by atoms with E-state index in [1.54, 1.807) is 0 Å². The Hall–Kier alpha value is -2.85. The Morgan fingerprint density at radius 2 is 1.47 bits per heavy atom. The van der Waals surface area contributed by atoms with E-state index in [0.29, 0.717) is 6.42 Å². The van der Waals surface area contributed by atoms with E-state index >= 15 is 0 Å². The maximum atomic E-state index is 13.2. The third-order valence-electron chi connectivity index (χ3n) is 5.03. The third-order valence-corrected chi connectivity index (χ3v) is 5.03. The van der Waals surface area contributed by atoms with Gasteiger partial charge in [-0.2, -0.15) is 0 Å². The van der Waals surface area contributed by atoms with Gasteiger partial charge in [-0.05, 0) is 37.5 Å². The Labute approximate surface area is 177 Å². The maximum absolute atomic E-state index is 13.2. The van der Waals surface area contributed by atoms with Crippen molar-refractivity contribution in [2.45, 2.75) is 39.2 Å². The minimum atomic E-state index is -2.71. The topological polar surface area (TPSA) is 24.4 Å². The van der Waals surface area contributed by atoms with Crippen molar-refractivity contribution in [1.82, 2.24) is 5.32 Å². The second-order valence-electron chi connectivity index (χ2n) is 7.81. The number of aliphatic imine (C=N–C) groups is 1. The summed E-state index contributed by atoms with van der Waals surface area (Å²) in [6, 6.07) is 26.2. The molecule has 2 nitrogen and oxygen atoms in total. The summed E-state index contributed by atoms with van der Waals surface area (Å²) >= 11 is 0. The Morgan fingerprint density at radius 3 is 2.00 bits per heavy atom. The highest BCUT2D eigenvalue weighted by atomic mass is 19.3. The summed E-state index contributed by atoms with van der Waals surface area (Å²) in [5.74, 6) is -2.71. The van der Waals surface area contributed by atoms with Gasteiger partial charge in [0, 0.05) is 24.1 Å². The number of nitrogens with zero attached hydrogens (tertiary/aromatic N) is 1. The Kier molecular flexibility index (Phi) is 7.11. The Bertz CT molecular complexity index is 935. The van der Waals surface area contributed by atoms with Crippen molar-refractivity contribution in [3.8, 4) is 0 Å². The summed E-state index contributed by atoms with van der Waals surface area (Å²) < 4.78 is 26.3. The number of hydrogen-bond donors (Lipinski definition) is 1. The van der Waals surface area contributed by atoms with Crippen molar-refractivity contribution in [3.05, 3.63) is 101 Å². The van der Waals surface area contributed by atoms with Gasteiger partial charge in [-0.15, -0.1) is 0 Å². The van der Waals surface area contributed by atoms with Gasteiger partial charge in [0.05, 0.1) is 17.9 Å². The molecule has 0 aliphatic heterocycles. The van der Waals surface area contributed by atoms with E-state index in [0.717, 1.165) is 40.6 Å². The molecule has 4 heteroatoms. The van der Waals surface area contributed by atoms with Crippen molar-refractivity contribution < 1.29 is 8.78 Å². The monoisotopic (exact) mass is 406 g/mol. The van der Waals surface area contributed by atoms with Crippen LogP contribution < -0.4 is 5.32 Å². The molecule has 0 aromatic heterocycles. The molecule has 0 saturated carbocycles. The van der Waals surface area contributed by atoms with E-state index < -0.39 is 5.92 Å². The molecule has 0 heterocycles. The highest BCUT2D eigenvalue weighted by Crippen LogP contribution is 2.26. The predicted molar refractivity (Wildman–Crippen MR) is 121 cm³/mol. The first-order valence-electron chi connectivity index (χ1n) is 10.2. The van der Waals surface area contributed by atoms with Crippen molar-refractivity contribution in [2.24, 2.45) is 4.99 Å². The normalized spacial score (nSPS) is 12.4. The molecule has 3 rings (SSSR count). The van der Waals surface area contributed by atoms with Gasteiger partial charge in [-0.3, -0.25) is 0 Å². The van der Waals surface area contributed by atoms with Crippen molar-refractivity contribution in [2.75, 3.05) is 6.54 Å². The molecule has 1 N–H and O–H groups in total. The molecule has 0 fully saturated rings. The fourth-order valence-electron chi connectivity index (χ4n) is 3.38. The predicted octanol–water partition coefficient (Wildman–Crippen LogP) is 6.34. The van der Waals surface area contributed by atoms with Crippen LogP contribution in [0.5, 0.6) is 0 Å². The van der Waals surface area contributed by atoms with Crippen LogP contribution in [-0.4, -0.2) is 24.2 Å². The maximum Gasteiger partial charge on any atom is 0.257 e. The summed E-state index contributed by atoms with van der Waals surface area (Å²) in [4.78, 5) is 5.03. The van der Waals surface area contributed by atoms with Crippen molar-refractivity contribution >= 4 is 11.4 Å². The van der Waals surface area contributed by atoms with E-state index in [4.69, 9.17) is 4.99 Å². The molecular weight excluding hydrogens is 378 g/mol. The lowest BCUT2D eigenvalue weighted by atomic mass is 9.99. The largest absolute Gasteiger partial charge is 0.308 e. The van der Waals surface area contributed by atoms with Crippen molar-refractivity contribution in [3.63, 3.8) is 0 Å². The van der Waals surface area contributed by atoms with Gasteiger partial charge in [0.1, 0.15) is 0 Å². The lowest BCUT2D eigenvalue weighted by molar-refractivity contribution is 0.0204. The molecule has 0 saturated heterocycles. The van der Waals surface area contributed by atoms with E-state index in [1.807, 2.05) is 68.4 Å². The van der Waals surface area contributed by atoms with Crippen LogP contribution in [0.4, 0.5) is 14.5 Å². The van der Waals surface area contributed by atoms with Crippen LogP contribution in [0.2, 0.25) is 0 Å². The molecule has 0 bridgehead atoms. The molecule has 3 aromatic carbocycles. The number of rotatable bonds is 8. The fraction of sp³-hybridized carbons (Fsp3) is 0.269. The summed E-state index contributed by atoms with van der Waals surface area (Å²) in [5.41, 5.74) is 6.08. The third kappa shape index (κ3) is 6.07. The summed E-state index contributed by atoms with van der Waals surface area (Å²) in [5, 5.41) is 2.92. The zero-order valence-electron chi connectivity index (χ0n) is 17.7. The number of benzene rings is 3. The van der Waals surface area contributed by atoms with Gasteiger partial charge in [0.15, 0.2) is 0 Å². The van der Waals surface area contributed by atoms with Crippen LogP contribution >= 0.6 is 0 Å². The second-order valence-corrected chi connectivity index (χ2v) is 7.81.